The molecule has 1 unspecified atom stereocenters. The molecule has 0 aliphatic carbocycles. The van der Waals surface area contributed by atoms with Crippen LogP contribution < -0.4 is 0 Å². The van der Waals surface area contributed by atoms with Crippen molar-refractivity contribution in [3.8, 4) is 0 Å². The maximum absolute atomic E-state index is 11.8. The minimum absolute atomic E-state index is 0.148. The molecule has 0 radical (unpaired) electrons. The molecule has 22 heavy (non-hydrogen) atoms. The summed E-state index contributed by atoms with van der Waals surface area (Å²) in [7, 11) is 5.83. The van der Waals surface area contributed by atoms with E-state index in [0.717, 1.165) is 19.3 Å². The van der Waals surface area contributed by atoms with E-state index in [0.29, 0.717) is 17.4 Å². The predicted octanol–water partition coefficient (Wildman–Crippen LogP) is 2.77. The molecule has 0 amide bonds. The number of hydrogen-bond donors (Lipinski definition) is 1. The lowest BCUT2D eigenvalue weighted by Crippen LogP contribution is -2.43. The third-order valence-electron chi connectivity index (χ3n) is 2.88. The molecule has 1 N–H and O–H groups in total. The summed E-state index contributed by atoms with van der Waals surface area (Å²) < 4.78 is 5.87. The van der Waals surface area contributed by atoms with Gasteiger partial charge in [-0.3, -0.25) is 9.59 Å². The first-order chi connectivity index (χ1) is 10.2. The van der Waals surface area contributed by atoms with E-state index in [1.807, 2.05) is 40.2 Å². The van der Waals surface area contributed by atoms with E-state index in [9.17, 15) is 9.59 Å². The number of esters is 1. The Bertz CT molecular complexity index is 394. The zero-order valence-electron chi connectivity index (χ0n) is 14.2. The molecule has 0 saturated carbocycles. The molecular weight excluding hydrogens is 282 g/mol. The van der Waals surface area contributed by atoms with Crippen molar-refractivity contribution in [1.29, 1.82) is 0 Å². The van der Waals surface area contributed by atoms with E-state index in [-0.39, 0.29) is 12.4 Å². The van der Waals surface area contributed by atoms with Crippen molar-refractivity contribution in [2.45, 2.75) is 45.1 Å². The SMILES string of the molecule is C/C=C/C/C=C/CCCC(=O)OC(CC(=O)O)C[N+](C)(C)C. The van der Waals surface area contributed by atoms with Crippen LogP contribution in [0.4, 0.5) is 0 Å². The molecule has 0 aromatic carbocycles. The number of carboxylic acid groups (broad SMARTS) is 1. The van der Waals surface area contributed by atoms with Crippen LogP contribution in [-0.4, -0.2) is 55.3 Å². The van der Waals surface area contributed by atoms with Gasteiger partial charge in [-0.15, -0.1) is 0 Å². The largest absolute Gasteiger partial charge is 0.481 e. The molecule has 0 aromatic rings. The molecule has 0 rings (SSSR count). The number of allylic oxidation sites excluding steroid dienone is 4. The van der Waals surface area contributed by atoms with Gasteiger partial charge in [-0.05, 0) is 26.2 Å². The maximum atomic E-state index is 11.8. The number of hydrogen-bond acceptors (Lipinski definition) is 3. The number of unbranched alkanes of at least 4 members (excludes halogenated alkanes) is 1. The molecule has 5 heteroatoms. The van der Waals surface area contributed by atoms with Gasteiger partial charge in [-0.1, -0.05) is 24.3 Å². The van der Waals surface area contributed by atoms with Gasteiger partial charge >= 0.3 is 11.9 Å². The monoisotopic (exact) mass is 312 g/mol. The van der Waals surface area contributed by atoms with Gasteiger partial charge in [0.25, 0.3) is 0 Å². The molecular formula is C17H30NO4+. The molecule has 0 aliphatic rings. The fraction of sp³-hybridized carbons (Fsp3) is 0.647. The third-order valence-corrected chi connectivity index (χ3v) is 2.88. The summed E-state index contributed by atoms with van der Waals surface area (Å²) in [5.41, 5.74) is 0. The van der Waals surface area contributed by atoms with Crippen LogP contribution in [0.1, 0.15) is 39.0 Å². The zero-order valence-corrected chi connectivity index (χ0v) is 14.2. The number of likely N-dealkylation sites (N-methyl/N-ethyl adjacent to an activating group) is 1. The molecule has 0 aromatic heterocycles. The highest BCUT2D eigenvalue weighted by atomic mass is 16.5. The van der Waals surface area contributed by atoms with Crippen LogP contribution in [0.15, 0.2) is 24.3 Å². The second kappa shape index (κ2) is 11.0. The zero-order chi connectivity index (χ0) is 17.0. The maximum Gasteiger partial charge on any atom is 0.307 e. The van der Waals surface area contributed by atoms with Gasteiger partial charge in [-0.2, -0.15) is 0 Å². The summed E-state index contributed by atoms with van der Waals surface area (Å²) in [5, 5.41) is 8.90. The molecule has 0 bridgehead atoms. The molecule has 0 spiro atoms. The van der Waals surface area contributed by atoms with Gasteiger partial charge in [0.15, 0.2) is 6.10 Å². The average Bonchev–Trinajstić information content (AvgIpc) is 2.34. The van der Waals surface area contributed by atoms with E-state index in [4.69, 9.17) is 9.84 Å². The van der Waals surface area contributed by atoms with Crippen molar-refractivity contribution in [3.05, 3.63) is 24.3 Å². The first kappa shape index (κ1) is 20.4. The van der Waals surface area contributed by atoms with E-state index >= 15 is 0 Å². The van der Waals surface area contributed by atoms with Crippen LogP contribution in [0.2, 0.25) is 0 Å². The lowest BCUT2D eigenvalue weighted by Gasteiger charge is -2.28. The van der Waals surface area contributed by atoms with Crippen molar-refractivity contribution in [2.24, 2.45) is 0 Å². The van der Waals surface area contributed by atoms with Crippen molar-refractivity contribution in [2.75, 3.05) is 27.7 Å². The Morgan fingerprint density at radius 2 is 1.86 bits per heavy atom. The Morgan fingerprint density at radius 1 is 1.18 bits per heavy atom. The van der Waals surface area contributed by atoms with Gasteiger partial charge in [0.05, 0.1) is 27.6 Å². The van der Waals surface area contributed by atoms with Gasteiger partial charge in [0.2, 0.25) is 0 Å². The molecule has 0 fully saturated rings. The number of rotatable bonds is 11. The number of aliphatic carboxylic acids is 1. The van der Waals surface area contributed by atoms with Gasteiger partial charge in [0.1, 0.15) is 6.54 Å². The Balaban J connectivity index is 4.11. The first-order valence-corrected chi connectivity index (χ1v) is 7.72. The van der Waals surface area contributed by atoms with Crippen molar-refractivity contribution < 1.29 is 23.9 Å². The number of carboxylic acids is 1. The number of quaternary nitrogens is 1. The van der Waals surface area contributed by atoms with Crippen molar-refractivity contribution >= 4 is 11.9 Å². The summed E-state index contributed by atoms with van der Waals surface area (Å²) >= 11 is 0. The second-order valence-electron chi connectivity index (χ2n) is 6.35. The van der Waals surface area contributed by atoms with Gasteiger partial charge in [-0.25, -0.2) is 0 Å². The van der Waals surface area contributed by atoms with E-state index in [1.54, 1.807) is 0 Å². The lowest BCUT2D eigenvalue weighted by atomic mass is 10.2. The number of ether oxygens (including phenoxy) is 1. The Labute approximate surface area is 133 Å². The highest BCUT2D eigenvalue weighted by Gasteiger charge is 2.24. The lowest BCUT2D eigenvalue weighted by molar-refractivity contribution is -0.873. The summed E-state index contributed by atoms with van der Waals surface area (Å²) in [5.74, 6) is -1.26. The normalized spacial score (nSPS) is 13.6. The van der Waals surface area contributed by atoms with Crippen LogP contribution in [0, 0.1) is 0 Å². The highest BCUT2D eigenvalue weighted by Crippen LogP contribution is 2.08. The fourth-order valence-electron chi connectivity index (χ4n) is 1.99. The Hall–Kier alpha value is -1.62. The smallest absolute Gasteiger partial charge is 0.307 e. The van der Waals surface area contributed by atoms with E-state index in [2.05, 4.69) is 12.2 Å². The summed E-state index contributed by atoms with van der Waals surface area (Å²) in [6.07, 6.45) is 10.2. The van der Waals surface area contributed by atoms with Gasteiger partial charge in [0, 0.05) is 6.42 Å². The Kier molecular flexibility index (Phi) is 10.2. The van der Waals surface area contributed by atoms with E-state index < -0.39 is 12.1 Å². The molecule has 0 heterocycles. The first-order valence-electron chi connectivity index (χ1n) is 7.72. The fourth-order valence-corrected chi connectivity index (χ4v) is 1.99. The molecule has 126 valence electrons. The molecule has 1 atom stereocenters. The Morgan fingerprint density at radius 3 is 2.41 bits per heavy atom. The van der Waals surface area contributed by atoms with Gasteiger partial charge < -0.3 is 14.3 Å². The average molecular weight is 312 g/mol. The van der Waals surface area contributed by atoms with Crippen molar-refractivity contribution in [3.63, 3.8) is 0 Å². The van der Waals surface area contributed by atoms with Crippen molar-refractivity contribution in [1.82, 2.24) is 0 Å². The third kappa shape index (κ3) is 13.4. The summed E-state index contributed by atoms with van der Waals surface area (Å²) in [4.78, 5) is 22.6. The van der Waals surface area contributed by atoms with Crippen LogP contribution in [0.3, 0.4) is 0 Å². The highest BCUT2D eigenvalue weighted by molar-refractivity contribution is 5.71. The minimum Gasteiger partial charge on any atom is -0.481 e. The number of nitrogens with zero attached hydrogens (tertiary/aromatic N) is 1. The summed E-state index contributed by atoms with van der Waals surface area (Å²) in [6.45, 7) is 2.47. The van der Waals surface area contributed by atoms with Crippen LogP contribution >= 0.6 is 0 Å². The number of carbonyl (C=O) groups excluding carboxylic acids is 1. The second-order valence-corrected chi connectivity index (χ2v) is 6.35. The quantitative estimate of drug-likeness (QED) is 0.276. The van der Waals surface area contributed by atoms with Crippen LogP contribution in [-0.2, 0) is 14.3 Å². The molecule has 5 nitrogen and oxygen atoms in total. The standard InChI is InChI=1S/C17H29NO4/c1-5-6-7-8-9-10-11-12-17(21)22-15(13-16(19)20)14-18(2,3)4/h5-6,8-9,15H,7,10-14H2,1-4H3/p+1/b6-5+,9-8+. The predicted molar refractivity (Wildman–Crippen MR) is 87.5 cm³/mol. The molecule has 0 aliphatic heterocycles. The topological polar surface area (TPSA) is 63.6 Å². The summed E-state index contributed by atoms with van der Waals surface area (Å²) in [6, 6.07) is 0. The van der Waals surface area contributed by atoms with E-state index in [1.165, 1.54) is 0 Å². The number of carbonyl (C=O) groups is 2. The van der Waals surface area contributed by atoms with Crippen LogP contribution in [0.5, 0.6) is 0 Å². The molecule has 0 saturated heterocycles. The van der Waals surface area contributed by atoms with Crippen LogP contribution in [0.25, 0.3) is 0 Å². The minimum atomic E-state index is -0.946.